The van der Waals surface area contributed by atoms with Crippen molar-refractivity contribution in [2.45, 2.75) is 443 Å². The number of allylic oxidation sites excluding steroid dienone is 4. The molecule has 2 unspecified atom stereocenters. The lowest BCUT2D eigenvalue weighted by molar-refractivity contribution is -0.143. The number of amides is 1. The molecule has 0 aromatic carbocycles. The Morgan fingerprint density at radius 1 is 0.337 bits per heavy atom. The van der Waals surface area contributed by atoms with E-state index in [1.165, 1.54) is 347 Å². The normalized spacial score (nSPS) is 12.6. The highest BCUT2D eigenvalue weighted by Crippen LogP contribution is 2.20. The third kappa shape index (κ3) is 69.3. The van der Waals surface area contributed by atoms with Crippen LogP contribution in [-0.4, -0.2) is 47.4 Å². The Kier molecular flexibility index (Phi) is 71.4. The highest BCUT2D eigenvalue weighted by Gasteiger charge is 2.20. The van der Waals surface area contributed by atoms with Crippen molar-refractivity contribution in [1.82, 2.24) is 5.32 Å². The molecule has 0 aromatic heterocycles. The Hall–Kier alpha value is -1.66. The number of rotatable bonds is 72. The first-order chi connectivity index (χ1) is 41.0. The first-order valence-corrected chi connectivity index (χ1v) is 38.1. The second-order valence-electron chi connectivity index (χ2n) is 26.3. The monoisotopic (exact) mass is 1170 g/mol. The molecule has 0 fully saturated rings. The number of carbonyl (C=O) groups is 2. The van der Waals surface area contributed by atoms with Gasteiger partial charge < -0.3 is 20.3 Å². The third-order valence-electron chi connectivity index (χ3n) is 18.0. The molecular formula is C77H149NO5. The molecule has 492 valence electrons. The summed E-state index contributed by atoms with van der Waals surface area (Å²) in [6.07, 6.45) is 92.5. The molecule has 0 aliphatic heterocycles. The summed E-state index contributed by atoms with van der Waals surface area (Å²) in [5.74, 6) is -0.0204. The molecule has 1 amide bonds. The van der Waals surface area contributed by atoms with Crippen molar-refractivity contribution in [2.75, 3.05) is 13.2 Å². The maximum atomic E-state index is 12.6. The van der Waals surface area contributed by atoms with Crippen molar-refractivity contribution >= 4 is 11.9 Å². The van der Waals surface area contributed by atoms with E-state index in [9.17, 15) is 19.8 Å². The zero-order valence-electron chi connectivity index (χ0n) is 56.5. The van der Waals surface area contributed by atoms with Gasteiger partial charge in [0.05, 0.1) is 25.4 Å². The molecule has 0 saturated heterocycles. The lowest BCUT2D eigenvalue weighted by atomic mass is 10.0. The van der Waals surface area contributed by atoms with Crippen LogP contribution in [0.4, 0.5) is 0 Å². The summed E-state index contributed by atoms with van der Waals surface area (Å²) in [7, 11) is 0. The highest BCUT2D eigenvalue weighted by atomic mass is 16.5. The van der Waals surface area contributed by atoms with Crippen LogP contribution < -0.4 is 5.32 Å². The summed E-state index contributed by atoms with van der Waals surface area (Å²) >= 11 is 0. The SMILES string of the molecule is CCCCCC/C=C\C/C=C\CCCCCCCC(=O)OCCCCCCCCCCCCCCCCCCCCCCCCCCCCCCC(=O)NC(CO)C(O)CCCCCCCCCCCCCCCCCCCCCCCC. The molecule has 0 aromatic rings. The van der Waals surface area contributed by atoms with E-state index in [-0.39, 0.29) is 18.5 Å². The van der Waals surface area contributed by atoms with Crippen LogP contribution in [-0.2, 0) is 14.3 Å². The van der Waals surface area contributed by atoms with E-state index in [4.69, 9.17) is 4.74 Å². The number of hydrogen-bond donors (Lipinski definition) is 3. The number of ether oxygens (including phenoxy) is 1. The van der Waals surface area contributed by atoms with Crippen molar-refractivity contribution in [3.63, 3.8) is 0 Å². The van der Waals surface area contributed by atoms with Gasteiger partial charge in [0.15, 0.2) is 0 Å². The fourth-order valence-corrected chi connectivity index (χ4v) is 12.2. The van der Waals surface area contributed by atoms with Gasteiger partial charge >= 0.3 is 5.97 Å². The van der Waals surface area contributed by atoms with E-state index in [0.717, 1.165) is 51.4 Å². The van der Waals surface area contributed by atoms with Crippen LogP contribution in [0.15, 0.2) is 24.3 Å². The van der Waals surface area contributed by atoms with Crippen LogP contribution in [0.2, 0.25) is 0 Å². The van der Waals surface area contributed by atoms with E-state index in [2.05, 4.69) is 43.5 Å². The second-order valence-corrected chi connectivity index (χ2v) is 26.3. The van der Waals surface area contributed by atoms with E-state index in [1.54, 1.807) is 0 Å². The van der Waals surface area contributed by atoms with E-state index < -0.39 is 12.1 Å². The molecule has 3 N–H and O–H groups in total. The van der Waals surface area contributed by atoms with Gasteiger partial charge in [0.1, 0.15) is 0 Å². The molecule has 6 heteroatoms. The van der Waals surface area contributed by atoms with Crippen molar-refractivity contribution in [2.24, 2.45) is 0 Å². The zero-order chi connectivity index (χ0) is 59.9. The largest absolute Gasteiger partial charge is 0.466 e. The quantitative estimate of drug-likeness (QED) is 0.0320. The molecule has 0 radical (unpaired) electrons. The number of unbranched alkanes of at least 4 members (excludes halogenated alkanes) is 57. The van der Waals surface area contributed by atoms with Crippen LogP contribution in [0.5, 0.6) is 0 Å². The standard InChI is InChI=1S/C77H149NO5/c1-3-5-7-9-11-13-15-17-19-21-22-23-32-35-38-41-45-49-53-57-61-65-69-75(80)74(73-79)78-76(81)70-66-62-58-54-50-46-42-39-36-33-30-28-26-24-25-27-29-31-34-37-40-44-48-52-56-60-64-68-72-83-77(82)71-67-63-59-55-51-47-43-20-18-16-14-12-10-8-6-4-2/h14,16,20,43,74-75,79-80H,3-13,15,17-19,21-42,44-73H2,1-2H3,(H,78,81)/b16-14-,43-20-. The molecule has 6 nitrogen and oxygen atoms in total. The van der Waals surface area contributed by atoms with Crippen LogP contribution in [0.3, 0.4) is 0 Å². The smallest absolute Gasteiger partial charge is 0.305 e. The molecule has 0 spiro atoms. The van der Waals surface area contributed by atoms with Crippen LogP contribution >= 0.6 is 0 Å². The number of carbonyl (C=O) groups excluding carboxylic acids is 2. The molecule has 2 atom stereocenters. The topological polar surface area (TPSA) is 95.9 Å². The summed E-state index contributed by atoms with van der Waals surface area (Å²) in [5, 5.41) is 23.5. The van der Waals surface area contributed by atoms with Crippen LogP contribution in [0.25, 0.3) is 0 Å². The first kappa shape index (κ1) is 81.3. The van der Waals surface area contributed by atoms with Crippen LogP contribution in [0.1, 0.15) is 431 Å². The molecule has 0 heterocycles. The summed E-state index contributed by atoms with van der Waals surface area (Å²) in [4.78, 5) is 24.7. The van der Waals surface area contributed by atoms with Gasteiger partial charge in [-0.1, -0.05) is 385 Å². The molecule has 0 aliphatic rings. The Morgan fingerprint density at radius 2 is 0.602 bits per heavy atom. The maximum absolute atomic E-state index is 12.6. The third-order valence-corrected chi connectivity index (χ3v) is 18.0. The number of nitrogens with one attached hydrogen (secondary N) is 1. The predicted molar refractivity (Wildman–Crippen MR) is 366 cm³/mol. The van der Waals surface area contributed by atoms with Gasteiger partial charge in [-0.3, -0.25) is 9.59 Å². The minimum atomic E-state index is -0.663. The Morgan fingerprint density at radius 3 is 0.928 bits per heavy atom. The molecular weight excluding hydrogens is 1020 g/mol. The van der Waals surface area contributed by atoms with Crippen molar-refractivity contribution in [3.05, 3.63) is 24.3 Å². The van der Waals surface area contributed by atoms with Crippen molar-refractivity contribution < 1.29 is 24.5 Å². The summed E-state index contributed by atoms with van der Waals surface area (Å²) < 4.78 is 5.50. The van der Waals surface area contributed by atoms with Gasteiger partial charge in [-0.15, -0.1) is 0 Å². The predicted octanol–water partition coefficient (Wildman–Crippen LogP) is 24.9. The van der Waals surface area contributed by atoms with Gasteiger partial charge in [0, 0.05) is 12.8 Å². The summed E-state index contributed by atoms with van der Waals surface area (Å²) in [6, 6.07) is -0.540. The van der Waals surface area contributed by atoms with Crippen molar-refractivity contribution in [3.8, 4) is 0 Å². The lowest BCUT2D eigenvalue weighted by Gasteiger charge is -2.22. The average molecular weight is 1170 g/mol. The van der Waals surface area contributed by atoms with Gasteiger partial charge in [-0.05, 0) is 57.8 Å². The molecule has 0 aliphatic carbocycles. The Labute approximate surface area is 520 Å². The van der Waals surface area contributed by atoms with Gasteiger partial charge in [0.25, 0.3) is 0 Å². The van der Waals surface area contributed by atoms with Crippen molar-refractivity contribution in [1.29, 1.82) is 0 Å². The number of esters is 1. The number of hydrogen-bond acceptors (Lipinski definition) is 5. The average Bonchev–Trinajstić information content (AvgIpc) is 3.49. The molecule has 0 saturated carbocycles. The highest BCUT2D eigenvalue weighted by molar-refractivity contribution is 5.76. The van der Waals surface area contributed by atoms with Crippen LogP contribution in [0, 0.1) is 0 Å². The number of aliphatic hydroxyl groups is 2. The minimum Gasteiger partial charge on any atom is -0.466 e. The van der Waals surface area contributed by atoms with Gasteiger partial charge in [0.2, 0.25) is 5.91 Å². The fourth-order valence-electron chi connectivity index (χ4n) is 12.2. The van der Waals surface area contributed by atoms with E-state index >= 15 is 0 Å². The molecule has 0 bridgehead atoms. The number of aliphatic hydroxyl groups excluding tert-OH is 2. The van der Waals surface area contributed by atoms with E-state index in [1.807, 2.05) is 0 Å². The summed E-state index contributed by atoms with van der Waals surface area (Å²) in [6.45, 7) is 4.98. The first-order valence-electron chi connectivity index (χ1n) is 38.1. The molecule has 0 rings (SSSR count). The van der Waals surface area contributed by atoms with Gasteiger partial charge in [-0.25, -0.2) is 0 Å². The maximum Gasteiger partial charge on any atom is 0.305 e. The minimum absolute atomic E-state index is 0.00631. The lowest BCUT2D eigenvalue weighted by Crippen LogP contribution is -2.45. The Bertz CT molecular complexity index is 1300. The molecule has 83 heavy (non-hydrogen) atoms. The summed E-state index contributed by atoms with van der Waals surface area (Å²) in [5.41, 5.74) is 0. The zero-order valence-corrected chi connectivity index (χ0v) is 56.5. The Balaban J connectivity index is 3.35. The second kappa shape index (κ2) is 72.8. The fraction of sp³-hybridized carbons (Fsp3) is 0.922. The van der Waals surface area contributed by atoms with Gasteiger partial charge in [-0.2, -0.15) is 0 Å². The van der Waals surface area contributed by atoms with E-state index in [0.29, 0.717) is 25.9 Å².